The molecule has 1 saturated heterocycles. The molecule has 3 rings (SSSR count). The molecule has 2 aromatic rings. The normalized spacial score (nSPS) is 17.4. The maximum atomic E-state index is 13.4. The van der Waals surface area contributed by atoms with E-state index >= 15 is 0 Å². The Morgan fingerprint density at radius 1 is 1.20 bits per heavy atom. The van der Waals surface area contributed by atoms with Crippen LogP contribution in [0.25, 0.3) is 0 Å². The van der Waals surface area contributed by atoms with Crippen molar-refractivity contribution in [3.05, 3.63) is 65.2 Å². The highest BCUT2D eigenvalue weighted by Crippen LogP contribution is 2.24. The van der Waals surface area contributed by atoms with Gasteiger partial charge in [0.1, 0.15) is 11.9 Å². The molecule has 2 aromatic carbocycles. The van der Waals surface area contributed by atoms with Gasteiger partial charge in [-0.2, -0.15) is 0 Å². The predicted molar refractivity (Wildman–Crippen MR) is 88.3 cm³/mol. The Balaban J connectivity index is 1.65. The average Bonchev–Trinajstić information content (AvgIpc) is 2.64. The van der Waals surface area contributed by atoms with Crippen molar-refractivity contribution in [3.63, 3.8) is 0 Å². The highest BCUT2D eigenvalue weighted by molar-refractivity contribution is 5.79. The van der Waals surface area contributed by atoms with E-state index < -0.39 is 17.7 Å². The van der Waals surface area contributed by atoms with Crippen molar-refractivity contribution in [1.29, 1.82) is 0 Å². The van der Waals surface area contributed by atoms with Gasteiger partial charge in [-0.15, -0.1) is 0 Å². The van der Waals surface area contributed by atoms with Crippen molar-refractivity contribution in [3.8, 4) is 5.75 Å². The van der Waals surface area contributed by atoms with Crippen molar-refractivity contribution >= 4 is 5.91 Å². The highest BCUT2D eigenvalue weighted by atomic mass is 19.2. The fraction of sp³-hybridized carbons (Fsp3) is 0.316. The van der Waals surface area contributed by atoms with Gasteiger partial charge in [0.05, 0.1) is 26.7 Å². The van der Waals surface area contributed by atoms with Crippen molar-refractivity contribution in [2.75, 3.05) is 26.8 Å². The van der Waals surface area contributed by atoms with Crippen LogP contribution in [-0.4, -0.2) is 37.6 Å². The van der Waals surface area contributed by atoms with E-state index in [1.165, 1.54) is 6.07 Å². The molecule has 0 saturated carbocycles. The summed E-state index contributed by atoms with van der Waals surface area (Å²) < 4.78 is 37.2. The Morgan fingerprint density at radius 2 is 1.96 bits per heavy atom. The van der Waals surface area contributed by atoms with Gasteiger partial charge in [-0.05, 0) is 35.4 Å². The van der Waals surface area contributed by atoms with Crippen LogP contribution in [-0.2, 0) is 16.0 Å². The zero-order valence-corrected chi connectivity index (χ0v) is 13.9. The summed E-state index contributed by atoms with van der Waals surface area (Å²) in [7, 11) is 1.59. The lowest BCUT2D eigenvalue weighted by molar-refractivity contribution is -0.138. The number of carbonyl (C=O) groups excluding carboxylic acids is 1. The number of hydrogen-bond acceptors (Lipinski definition) is 3. The Hall–Kier alpha value is -2.47. The zero-order valence-electron chi connectivity index (χ0n) is 13.9. The van der Waals surface area contributed by atoms with Gasteiger partial charge in [0, 0.05) is 6.54 Å². The molecule has 0 unspecified atom stereocenters. The molecule has 6 heteroatoms. The third-order valence-corrected chi connectivity index (χ3v) is 4.25. The summed E-state index contributed by atoms with van der Waals surface area (Å²) in [6.45, 7) is 1.16. The smallest absolute Gasteiger partial charge is 0.227 e. The number of carbonyl (C=O) groups is 1. The molecule has 1 aliphatic rings. The number of halogens is 2. The van der Waals surface area contributed by atoms with Gasteiger partial charge in [-0.25, -0.2) is 8.78 Å². The van der Waals surface area contributed by atoms with Gasteiger partial charge in [-0.3, -0.25) is 4.79 Å². The number of methoxy groups -OCH3 is 1. The van der Waals surface area contributed by atoms with Crippen molar-refractivity contribution in [2.24, 2.45) is 0 Å². The number of nitrogens with zero attached hydrogens (tertiary/aromatic N) is 1. The van der Waals surface area contributed by atoms with E-state index in [0.29, 0.717) is 25.3 Å². The van der Waals surface area contributed by atoms with Gasteiger partial charge < -0.3 is 14.4 Å². The molecular weight excluding hydrogens is 328 g/mol. The van der Waals surface area contributed by atoms with Gasteiger partial charge >= 0.3 is 0 Å². The number of morpholine rings is 1. The van der Waals surface area contributed by atoms with Crippen LogP contribution < -0.4 is 4.74 Å². The molecule has 1 heterocycles. The number of benzene rings is 2. The first-order valence-electron chi connectivity index (χ1n) is 8.04. The summed E-state index contributed by atoms with van der Waals surface area (Å²) in [5.41, 5.74) is 1.42. The minimum Gasteiger partial charge on any atom is -0.497 e. The minimum atomic E-state index is -0.914. The summed E-state index contributed by atoms with van der Waals surface area (Å²) in [6.07, 6.45) is -0.183. The SMILES string of the molecule is COc1ccc(CC(=O)N2CCO[C@H](c3ccc(F)c(F)c3)C2)cc1. The Labute approximate surface area is 145 Å². The van der Waals surface area contributed by atoms with Crippen LogP contribution >= 0.6 is 0 Å². The summed E-state index contributed by atoms with van der Waals surface area (Å²) >= 11 is 0. The molecule has 0 aliphatic carbocycles. The van der Waals surface area contributed by atoms with Gasteiger partial charge in [0.25, 0.3) is 0 Å². The lowest BCUT2D eigenvalue weighted by Crippen LogP contribution is -2.43. The monoisotopic (exact) mass is 347 g/mol. The van der Waals surface area contributed by atoms with Crippen LogP contribution in [0.3, 0.4) is 0 Å². The maximum Gasteiger partial charge on any atom is 0.227 e. The number of ether oxygens (including phenoxy) is 2. The van der Waals surface area contributed by atoms with E-state index in [9.17, 15) is 13.6 Å². The minimum absolute atomic E-state index is 0.0268. The van der Waals surface area contributed by atoms with Crippen LogP contribution in [0.1, 0.15) is 17.2 Å². The summed E-state index contributed by atoms with van der Waals surface area (Å²) in [5.74, 6) is -1.10. The molecule has 1 aliphatic heterocycles. The molecular formula is C19H19F2NO3. The first-order chi connectivity index (χ1) is 12.1. The van der Waals surface area contributed by atoms with E-state index in [0.717, 1.165) is 23.4 Å². The molecule has 0 N–H and O–H groups in total. The van der Waals surface area contributed by atoms with Crippen molar-refractivity contribution in [2.45, 2.75) is 12.5 Å². The quantitative estimate of drug-likeness (QED) is 0.853. The largest absolute Gasteiger partial charge is 0.497 e. The second-order valence-corrected chi connectivity index (χ2v) is 5.90. The van der Waals surface area contributed by atoms with Crippen LogP contribution in [0.5, 0.6) is 5.75 Å². The summed E-state index contributed by atoms with van der Waals surface area (Å²) in [6, 6.07) is 11.0. The van der Waals surface area contributed by atoms with E-state index in [-0.39, 0.29) is 12.3 Å². The molecule has 0 aromatic heterocycles. The standard InChI is InChI=1S/C19H19F2NO3/c1-24-15-5-2-13(3-6-15)10-19(23)22-8-9-25-18(12-22)14-4-7-16(20)17(21)11-14/h2-7,11,18H,8-10,12H2,1H3/t18-/m0/s1. The number of amides is 1. The van der Waals surface area contributed by atoms with E-state index in [2.05, 4.69) is 0 Å². The van der Waals surface area contributed by atoms with Crippen LogP contribution in [0.2, 0.25) is 0 Å². The first kappa shape index (κ1) is 17.4. The Kier molecular flexibility index (Phi) is 5.28. The molecule has 0 radical (unpaired) electrons. The maximum absolute atomic E-state index is 13.4. The molecule has 25 heavy (non-hydrogen) atoms. The first-order valence-corrected chi connectivity index (χ1v) is 8.04. The van der Waals surface area contributed by atoms with Crippen LogP contribution in [0.4, 0.5) is 8.78 Å². The van der Waals surface area contributed by atoms with E-state index in [4.69, 9.17) is 9.47 Å². The molecule has 0 bridgehead atoms. The molecule has 0 spiro atoms. The second kappa shape index (κ2) is 7.61. The van der Waals surface area contributed by atoms with E-state index in [1.807, 2.05) is 24.3 Å². The lowest BCUT2D eigenvalue weighted by atomic mass is 10.1. The van der Waals surface area contributed by atoms with Gasteiger partial charge in [0.2, 0.25) is 5.91 Å². The predicted octanol–water partition coefficient (Wildman–Crippen LogP) is 3.12. The molecule has 1 amide bonds. The van der Waals surface area contributed by atoms with Gasteiger partial charge in [-0.1, -0.05) is 18.2 Å². The molecule has 1 atom stereocenters. The molecule has 4 nitrogen and oxygen atoms in total. The highest BCUT2D eigenvalue weighted by Gasteiger charge is 2.26. The zero-order chi connectivity index (χ0) is 17.8. The number of rotatable bonds is 4. The van der Waals surface area contributed by atoms with E-state index in [1.54, 1.807) is 12.0 Å². The van der Waals surface area contributed by atoms with Crippen molar-refractivity contribution in [1.82, 2.24) is 4.90 Å². The third kappa shape index (κ3) is 4.14. The van der Waals surface area contributed by atoms with Gasteiger partial charge in [0.15, 0.2) is 11.6 Å². The molecule has 1 fully saturated rings. The van der Waals surface area contributed by atoms with Crippen LogP contribution in [0, 0.1) is 11.6 Å². The fourth-order valence-electron chi connectivity index (χ4n) is 2.82. The average molecular weight is 347 g/mol. The lowest BCUT2D eigenvalue weighted by Gasteiger charge is -2.33. The second-order valence-electron chi connectivity index (χ2n) is 5.90. The fourth-order valence-corrected chi connectivity index (χ4v) is 2.82. The third-order valence-electron chi connectivity index (χ3n) is 4.25. The summed E-state index contributed by atoms with van der Waals surface area (Å²) in [5, 5.41) is 0. The van der Waals surface area contributed by atoms with Crippen LogP contribution in [0.15, 0.2) is 42.5 Å². The molecule has 132 valence electrons. The topological polar surface area (TPSA) is 38.8 Å². The summed E-state index contributed by atoms with van der Waals surface area (Å²) in [4.78, 5) is 14.2. The Bertz CT molecular complexity index is 749. The Morgan fingerprint density at radius 3 is 2.64 bits per heavy atom. The van der Waals surface area contributed by atoms with Crippen molar-refractivity contribution < 1.29 is 23.0 Å². The number of hydrogen-bond donors (Lipinski definition) is 0.